The molecule has 0 radical (unpaired) electrons. The molecule has 426 valence electrons. The maximum Gasteiger partial charge on any atom is 0.272 e. The zero-order valence-electron chi connectivity index (χ0n) is 47.3. The number of nitrogens with one attached hydrogen (secondary N) is 2. The standard InChI is InChI=1S/C33H36FN5O3.C28H27FN6O3.C2H6/c1-20-10-22-7-8-23(31-26(34)4-3-9-36-31)11-24(22)12-29(20)38(19-40)14-25-27(35-2)13-28(37-30(25)21-5-6-21)32(41)39-15-33(16-39)17-42-18-33;1-16-10-18-7-8-24(27-20(29)4-3-9-31-27)38-25(18)12-23(16)35(15-36)13-19-21(30-2)11-22(28-32-14-37-34-28)33-26(19)17-5-6-17;1-2/h3-4,9-10,12-13,19,21,23H,5-8,11,14-18H2,1-2H3,(H,35,37);3-4,9-12,14-15,17,24H,5-8,13H2,1-2H3,(H,30,33);1-2H3. The first-order chi connectivity index (χ1) is 39.9. The highest BCUT2D eigenvalue weighted by atomic mass is 19.1. The lowest BCUT2D eigenvalue weighted by atomic mass is 9.78. The fourth-order valence-electron chi connectivity index (χ4n) is 12.0. The van der Waals surface area contributed by atoms with Crippen molar-refractivity contribution in [3.05, 3.63) is 158 Å². The Morgan fingerprint density at radius 1 is 0.707 bits per heavy atom. The molecule has 3 aliphatic carbocycles. The number of halogens is 2. The molecule has 2 atom stereocenters. The highest BCUT2D eigenvalue weighted by molar-refractivity contribution is 5.94. The zero-order chi connectivity index (χ0) is 57.2. The van der Waals surface area contributed by atoms with Crippen LogP contribution in [-0.4, -0.2) is 94.1 Å². The fourth-order valence-corrected chi connectivity index (χ4v) is 12.0. The number of amides is 3. The summed E-state index contributed by atoms with van der Waals surface area (Å²) in [6, 6.07) is 18.0. The van der Waals surface area contributed by atoms with Crippen LogP contribution in [0.4, 0.5) is 31.5 Å². The number of anilines is 4. The predicted octanol–water partition coefficient (Wildman–Crippen LogP) is 10.9. The number of hydrogen-bond acceptors (Lipinski definition) is 14. The van der Waals surface area contributed by atoms with Crippen molar-refractivity contribution in [1.82, 2.24) is 35.0 Å². The van der Waals surface area contributed by atoms with Gasteiger partial charge in [0.1, 0.15) is 40.6 Å². The SMILES string of the molecule is CC.CNc1cc(-c2ncon2)nc(C2CC2)c1CN(C=O)c1cc2c(cc1C)CCC(c1ncccc1F)O2.CNc1cc(C(=O)N2CC3(COC3)C2)nc(C2CC2)c1CN(C=O)c1cc2c(cc1C)CCC(c1ncccc1F)C2. The number of likely N-dealkylation sites (tertiary alicyclic amines) is 1. The summed E-state index contributed by atoms with van der Waals surface area (Å²) in [5, 5.41) is 10.5. The highest BCUT2D eigenvalue weighted by Gasteiger charge is 2.51. The normalized spacial score (nSPS) is 18.1. The van der Waals surface area contributed by atoms with Crippen molar-refractivity contribution in [1.29, 1.82) is 0 Å². The molecular weight excluding hydrogens is 1040 g/mol. The van der Waals surface area contributed by atoms with E-state index in [2.05, 4.69) is 42.9 Å². The molecule has 3 amide bonds. The molecule has 4 fully saturated rings. The largest absolute Gasteiger partial charge is 0.484 e. The second-order valence-corrected chi connectivity index (χ2v) is 22.2. The van der Waals surface area contributed by atoms with Crippen LogP contribution in [0.3, 0.4) is 0 Å². The van der Waals surface area contributed by atoms with Crippen LogP contribution >= 0.6 is 0 Å². The number of carbonyl (C=O) groups excluding carboxylic acids is 3. The van der Waals surface area contributed by atoms with E-state index in [0.29, 0.717) is 79.3 Å². The van der Waals surface area contributed by atoms with Gasteiger partial charge in [-0.15, -0.1) is 0 Å². The summed E-state index contributed by atoms with van der Waals surface area (Å²) in [5.74, 6) is 0.975. The Labute approximate surface area is 476 Å². The van der Waals surface area contributed by atoms with Crippen molar-refractivity contribution in [2.75, 3.05) is 60.8 Å². The summed E-state index contributed by atoms with van der Waals surface area (Å²) in [5.41, 5.74) is 14.4. The molecule has 2 saturated carbocycles. The Morgan fingerprint density at radius 2 is 1.30 bits per heavy atom. The number of aryl methyl sites for hydroxylation is 4. The number of benzene rings is 2. The summed E-state index contributed by atoms with van der Waals surface area (Å²) in [7, 11) is 3.69. The number of rotatable bonds is 16. The van der Waals surface area contributed by atoms with E-state index in [9.17, 15) is 23.2 Å². The zero-order valence-corrected chi connectivity index (χ0v) is 47.3. The van der Waals surface area contributed by atoms with Gasteiger partial charge in [-0.1, -0.05) is 31.1 Å². The molecule has 82 heavy (non-hydrogen) atoms. The van der Waals surface area contributed by atoms with Gasteiger partial charge >= 0.3 is 0 Å². The van der Waals surface area contributed by atoms with Crippen LogP contribution in [0.2, 0.25) is 0 Å². The topological polar surface area (TPSA) is 194 Å². The number of carbonyl (C=O) groups is 3. The monoisotopic (exact) mass is 1110 g/mol. The van der Waals surface area contributed by atoms with Crippen LogP contribution in [0.25, 0.3) is 11.5 Å². The van der Waals surface area contributed by atoms with Gasteiger partial charge in [-0.05, 0) is 142 Å². The Hall–Kier alpha value is -8.19. The number of hydrogen-bond donors (Lipinski definition) is 2. The van der Waals surface area contributed by atoms with Crippen molar-refractivity contribution in [2.24, 2.45) is 5.41 Å². The van der Waals surface area contributed by atoms with Crippen LogP contribution in [0.15, 0.2) is 84.0 Å². The average Bonchev–Trinajstić information content (AvgIpc) is 4.53. The summed E-state index contributed by atoms with van der Waals surface area (Å²) in [6.45, 7) is 11.6. The van der Waals surface area contributed by atoms with Gasteiger partial charge in [0.05, 0.1) is 54.5 Å². The third kappa shape index (κ3) is 11.3. The molecule has 0 bridgehead atoms. The Bertz CT molecular complexity index is 3510. The first kappa shape index (κ1) is 55.7. The number of fused-ring (bicyclic) bond motifs is 2. The number of aromatic nitrogens is 6. The summed E-state index contributed by atoms with van der Waals surface area (Å²) in [6.07, 6.45) is 13.6. The maximum atomic E-state index is 14.5. The summed E-state index contributed by atoms with van der Waals surface area (Å²) >= 11 is 0. The van der Waals surface area contributed by atoms with Gasteiger partial charge in [-0.2, -0.15) is 4.98 Å². The van der Waals surface area contributed by atoms with E-state index in [-0.39, 0.29) is 34.8 Å². The molecule has 19 heteroatoms. The molecule has 3 aliphatic heterocycles. The molecule has 5 aromatic heterocycles. The minimum atomic E-state index is -0.483. The molecule has 7 aromatic rings. The van der Waals surface area contributed by atoms with Gasteiger partial charge in [0.15, 0.2) is 0 Å². The molecule has 8 heterocycles. The van der Waals surface area contributed by atoms with Gasteiger partial charge in [-0.25, -0.2) is 18.7 Å². The first-order valence-electron chi connectivity index (χ1n) is 28.6. The Kier molecular flexibility index (Phi) is 16.1. The minimum Gasteiger partial charge on any atom is -0.484 e. The number of pyridine rings is 4. The Morgan fingerprint density at radius 3 is 1.88 bits per heavy atom. The lowest BCUT2D eigenvalue weighted by Gasteiger charge is -2.54. The predicted molar refractivity (Wildman–Crippen MR) is 307 cm³/mol. The number of nitrogens with zero attached hydrogens (tertiary/aromatic N) is 9. The molecule has 1 spiro atoms. The van der Waals surface area contributed by atoms with E-state index in [1.54, 1.807) is 34.3 Å². The molecule has 2 aromatic carbocycles. The van der Waals surface area contributed by atoms with Crippen LogP contribution in [0.1, 0.15) is 148 Å². The van der Waals surface area contributed by atoms with Crippen LogP contribution < -0.4 is 25.2 Å². The minimum absolute atomic E-state index is 0.00341. The second kappa shape index (κ2) is 23.7. The molecule has 6 aliphatic rings. The smallest absolute Gasteiger partial charge is 0.272 e. The first-order valence-corrected chi connectivity index (χ1v) is 28.6. The molecule has 2 unspecified atom stereocenters. The second-order valence-electron chi connectivity index (χ2n) is 22.2. The summed E-state index contributed by atoms with van der Waals surface area (Å²) < 4.78 is 45.4. The van der Waals surface area contributed by atoms with E-state index >= 15 is 0 Å². The maximum absolute atomic E-state index is 14.5. The van der Waals surface area contributed by atoms with Crippen LogP contribution in [0, 0.1) is 30.9 Å². The van der Waals surface area contributed by atoms with Crippen molar-refractivity contribution in [3.8, 4) is 17.3 Å². The molecular formula is C63H69F2N11O6. The van der Waals surface area contributed by atoms with E-state index in [1.807, 2.05) is 71.0 Å². The van der Waals surface area contributed by atoms with E-state index < -0.39 is 6.10 Å². The fraction of sp³-hybridized carbons (Fsp3) is 0.413. The third-order valence-corrected chi connectivity index (χ3v) is 16.6. The van der Waals surface area contributed by atoms with Gasteiger partial charge in [-0.3, -0.25) is 24.4 Å². The highest BCUT2D eigenvalue weighted by Crippen LogP contribution is 2.47. The summed E-state index contributed by atoms with van der Waals surface area (Å²) in [4.78, 5) is 66.2. The Balaban J connectivity index is 0.000000168. The molecule has 17 nitrogen and oxygen atoms in total. The van der Waals surface area contributed by atoms with Crippen LogP contribution in [-0.2, 0) is 46.7 Å². The van der Waals surface area contributed by atoms with Gasteiger partial charge < -0.3 is 39.3 Å². The quantitative estimate of drug-likeness (QED) is 0.0868. The van der Waals surface area contributed by atoms with Crippen LogP contribution in [0.5, 0.6) is 5.75 Å². The molecule has 2 N–H and O–H groups in total. The van der Waals surface area contributed by atoms with Crippen molar-refractivity contribution < 1.29 is 37.2 Å². The third-order valence-electron chi connectivity index (χ3n) is 16.6. The number of ether oxygens (including phenoxy) is 2. The molecule has 2 saturated heterocycles. The van der Waals surface area contributed by atoms with E-state index in [1.165, 1.54) is 24.1 Å². The van der Waals surface area contributed by atoms with Crippen molar-refractivity contribution in [2.45, 2.75) is 122 Å². The van der Waals surface area contributed by atoms with Crippen molar-refractivity contribution in [3.63, 3.8) is 0 Å². The molecule has 13 rings (SSSR count). The lowest BCUT2D eigenvalue weighted by Crippen LogP contribution is -2.67. The van der Waals surface area contributed by atoms with Gasteiger partial charge in [0, 0.05) is 91.6 Å². The van der Waals surface area contributed by atoms with Gasteiger partial charge in [0.25, 0.3) is 5.91 Å². The van der Waals surface area contributed by atoms with Gasteiger partial charge in [0.2, 0.25) is 25.0 Å². The van der Waals surface area contributed by atoms with Crippen molar-refractivity contribution >= 4 is 41.5 Å². The van der Waals surface area contributed by atoms with E-state index in [0.717, 1.165) is 138 Å². The average molecular weight is 1110 g/mol. The lowest BCUT2D eigenvalue weighted by molar-refractivity contribution is -0.176. The van der Waals surface area contributed by atoms with E-state index in [4.69, 9.17) is 24.0 Å².